The summed E-state index contributed by atoms with van der Waals surface area (Å²) in [6.45, 7) is 6.06. The molecule has 110 valence electrons. The zero-order chi connectivity index (χ0) is 15.0. The maximum Gasteiger partial charge on any atom is 0.411 e. The van der Waals surface area contributed by atoms with Gasteiger partial charge in [-0.3, -0.25) is 5.32 Å². The third-order valence-electron chi connectivity index (χ3n) is 2.66. The molecule has 1 rings (SSSR count). The van der Waals surface area contributed by atoms with E-state index in [1.54, 1.807) is 26.0 Å². The summed E-state index contributed by atoms with van der Waals surface area (Å²) in [6, 6.07) is 5.34. The second kappa shape index (κ2) is 8.19. The molecule has 0 unspecified atom stereocenters. The van der Waals surface area contributed by atoms with Gasteiger partial charge in [-0.05, 0) is 31.9 Å². The van der Waals surface area contributed by atoms with Crippen LogP contribution in [0.3, 0.4) is 0 Å². The highest BCUT2D eigenvalue weighted by atomic mass is 16.5. The Morgan fingerprint density at radius 2 is 1.80 bits per heavy atom. The van der Waals surface area contributed by atoms with Crippen molar-refractivity contribution in [3.05, 3.63) is 29.3 Å². The number of esters is 1. The largest absolute Gasteiger partial charge is 0.462 e. The average Bonchev–Trinajstić information content (AvgIpc) is 2.39. The molecule has 0 heterocycles. The van der Waals surface area contributed by atoms with E-state index in [9.17, 15) is 9.59 Å². The molecule has 0 spiro atoms. The first-order valence-corrected chi connectivity index (χ1v) is 6.86. The molecule has 0 aliphatic rings. The van der Waals surface area contributed by atoms with Gasteiger partial charge in [0.25, 0.3) is 0 Å². The molecule has 0 aromatic heterocycles. The van der Waals surface area contributed by atoms with E-state index >= 15 is 0 Å². The Labute approximate surface area is 119 Å². The van der Waals surface area contributed by atoms with Crippen LogP contribution in [0.25, 0.3) is 0 Å². The molecule has 5 nitrogen and oxygen atoms in total. The second-order valence-electron chi connectivity index (χ2n) is 4.16. The molecular formula is C15H21NO4. The Morgan fingerprint density at radius 1 is 1.10 bits per heavy atom. The summed E-state index contributed by atoms with van der Waals surface area (Å²) >= 11 is 0. The van der Waals surface area contributed by atoms with Gasteiger partial charge in [-0.2, -0.15) is 0 Å². The van der Waals surface area contributed by atoms with Crippen LogP contribution >= 0.6 is 0 Å². The molecule has 1 aromatic carbocycles. The number of hydrogen-bond acceptors (Lipinski definition) is 4. The van der Waals surface area contributed by atoms with Gasteiger partial charge in [0.05, 0.1) is 24.5 Å². The molecule has 0 aliphatic heterocycles. The summed E-state index contributed by atoms with van der Waals surface area (Å²) in [7, 11) is 0. The van der Waals surface area contributed by atoms with Crippen LogP contribution in [0.15, 0.2) is 18.2 Å². The number of benzene rings is 1. The number of carbonyl (C=O) groups excluding carboxylic acids is 2. The molecule has 0 fully saturated rings. The fourth-order valence-corrected chi connectivity index (χ4v) is 1.90. The quantitative estimate of drug-likeness (QED) is 0.811. The van der Waals surface area contributed by atoms with Gasteiger partial charge in [0.15, 0.2) is 0 Å². The molecule has 1 aromatic rings. The predicted octanol–water partition coefficient (Wildman–Crippen LogP) is 3.38. The monoisotopic (exact) mass is 279 g/mol. The number of aryl methyl sites for hydroxylation is 1. The summed E-state index contributed by atoms with van der Waals surface area (Å²) in [6.07, 6.45) is 1.06. The van der Waals surface area contributed by atoms with Gasteiger partial charge in [-0.1, -0.05) is 25.5 Å². The molecule has 0 bridgehead atoms. The lowest BCUT2D eigenvalue weighted by Gasteiger charge is -2.14. The van der Waals surface area contributed by atoms with Crippen molar-refractivity contribution in [2.75, 3.05) is 18.5 Å². The third kappa shape index (κ3) is 4.26. The number of amides is 1. The molecule has 0 atom stereocenters. The predicted molar refractivity (Wildman–Crippen MR) is 77.0 cm³/mol. The first-order chi connectivity index (χ1) is 9.63. The molecule has 5 heteroatoms. The highest BCUT2D eigenvalue weighted by Gasteiger charge is 2.18. The van der Waals surface area contributed by atoms with Gasteiger partial charge in [0, 0.05) is 0 Å². The van der Waals surface area contributed by atoms with Crippen LogP contribution in [0.2, 0.25) is 0 Å². The molecule has 0 radical (unpaired) electrons. The first kappa shape index (κ1) is 16.0. The van der Waals surface area contributed by atoms with E-state index in [1.807, 2.05) is 13.0 Å². The lowest BCUT2D eigenvalue weighted by atomic mass is 10.0. The SMILES string of the molecule is CCCc1cccc(NC(=O)OCC)c1C(=O)OCC. The molecule has 20 heavy (non-hydrogen) atoms. The van der Waals surface area contributed by atoms with Gasteiger partial charge in [-0.25, -0.2) is 9.59 Å². The standard InChI is InChI=1S/C15H21NO4/c1-4-8-11-9-7-10-12(16-15(18)20-6-3)13(11)14(17)19-5-2/h7,9-10H,4-6,8H2,1-3H3,(H,16,18). The molecule has 1 amide bonds. The Bertz CT molecular complexity index is 471. The van der Waals surface area contributed by atoms with Gasteiger partial charge in [0.2, 0.25) is 0 Å². The van der Waals surface area contributed by atoms with Crippen molar-refractivity contribution in [1.82, 2.24) is 0 Å². The van der Waals surface area contributed by atoms with Crippen molar-refractivity contribution in [2.24, 2.45) is 0 Å². The summed E-state index contributed by atoms with van der Waals surface area (Å²) in [5, 5.41) is 2.59. The van der Waals surface area contributed by atoms with Gasteiger partial charge in [-0.15, -0.1) is 0 Å². The Balaban J connectivity index is 3.11. The summed E-state index contributed by atoms with van der Waals surface area (Å²) in [5.41, 5.74) is 1.69. The van der Waals surface area contributed by atoms with E-state index in [-0.39, 0.29) is 13.2 Å². The van der Waals surface area contributed by atoms with E-state index in [0.717, 1.165) is 18.4 Å². The van der Waals surface area contributed by atoms with Gasteiger partial charge in [0.1, 0.15) is 0 Å². The lowest BCUT2D eigenvalue weighted by molar-refractivity contribution is 0.0526. The topological polar surface area (TPSA) is 64.6 Å². The van der Waals surface area contributed by atoms with Crippen molar-refractivity contribution >= 4 is 17.7 Å². The highest BCUT2D eigenvalue weighted by molar-refractivity contribution is 6.01. The van der Waals surface area contributed by atoms with Crippen molar-refractivity contribution in [3.8, 4) is 0 Å². The van der Waals surface area contributed by atoms with Crippen LogP contribution in [0.4, 0.5) is 10.5 Å². The summed E-state index contributed by atoms with van der Waals surface area (Å²) < 4.78 is 9.90. The van der Waals surface area contributed by atoms with Crippen molar-refractivity contribution in [3.63, 3.8) is 0 Å². The lowest BCUT2D eigenvalue weighted by Crippen LogP contribution is -2.18. The van der Waals surface area contributed by atoms with Gasteiger partial charge >= 0.3 is 12.1 Å². The summed E-state index contributed by atoms with van der Waals surface area (Å²) in [4.78, 5) is 23.6. The fraction of sp³-hybridized carbons (Fsp3) is 0.467. The van der Waals surface area contributed by atoms with Crippen molar-refractivity contribution in [1.29, 1.82) is 0 Å². The van der Waals surface area contributed by atoms with Crippen LogP contribution in [0.5, 0.6) is 0 Å². The van der Waals surface area contributed by atoms with E-state index in [0.29, 0.717) is 11.3 Å². The Kier molecular flexibility index (Phi) is 6.56. The third-order valence-corrected chi connectivity index (χ3v) is 2.66. The molecule has 0 saturated carbocycles. The molecule has 0 aliphatic carbocycles. The second-order valence-corrected chi connectivity index (χ2v) is 4.16. The van der Waals surface area contributed by atoms with E-state index in [1.165, 1.54) is 0 Å². The van der Waals surface area contributed by atoms with E-state index < -0.39 is 12.1 Å². The maximum absolute atomic E-state index is 12.1. The van der Waals surface area contributed by atoms with Crippen molar-refractivity contribution in [2.45, 2.75) is 33.6 Å². The van der Waals surface area contributed by atoms with Crippen LogP contribution in [-0.2, 0) is 15.9 Å². The smallest absolute Gasteiger partial charge is 0.411 e. The van der Waals surface area contributed by atoms with Crippen molar-refractivity contribution < 1.29 is 19.1 Å². The first-order valence-electron chi connectivity index (χ1n) is 6.86. The zero-order valence-corrected chi connectivity index (χ0v) is 12.2. The Morgan fingerprint density at radius 3 is 2.40 bits per heavy atom. The van der Waals surface area contributed by atoms with Crippen LogP contribution < -0.4 is 5.32 Å². The minimum absolute atomic E-state index is 0.273. The average molecular weight is 279 g/mol. The van der Waals surface area contributed by atoms with E-state index in [4.69, 9.17) is 9.47 Å². The number of ether oxygens (including phenoxy) is 2. The number of rotatable bonds is 6. The molecule has 0 saturated heterocycles. The molecule has 1 N–H and O–H groups in total. The fourth-order valence-electron chi connectivity index (χ4n) is 1.90. The zero-order valence-electron chi connectivity index (χ0n) is 12.2. The van der Waals surface area contributed by atoms with Crippen LogP contribution in [0, 0.1) is 0 Å². The number of nitrogens with one attached hydrogen (secondary N) is 1. The van der Waals surface area contributed by atoms with Crippen LogP contribution in [-0.4, -0.2) is 25.3 Å². The molecular weight excluding hydrogens is 258 g/mol. The maximum atomic E-state index is 12.1. The number of carbonyl (C=O) groups is 2. The normalized spacial score (nSPS) is 9.95. The highest BCUT2D eigenvalue weighted by Crippen LogP contribution is 2.23. The minimum Gasteiger partial charge on any atom is -0.462 e. The summed E-state index contributed by atoms with van der Waals surface area (Å²) in [5.74, 6) is -0.427. The Hall–Kier alpha value is -2.04. The minimum atomic E-state index is -0.577. The number of hydrogen-bond donors (Lipinski definition) is 1. The van der Waals surface area contributed by atoms with E-state index in [2.05, 4.69) is 5.32 Å². The number of anilines is 1. The van der Waals surface area contributed by atoms with Gasteiger partial charge < -0.3 is 9.47 Å². The van der Waals surface area contributed by atoms with Crippen LogP contribution in [0.1, 0.15) is 43.1 Å².